The van der Waals surface area contributed by atoms with Gasteiger partial charge in [0, 0.05) is 18.3 Å². The second-order valence-electron chi connectivity index (χ2n) is 8.13. The van der Waals surface area contributed by atoms with Crippen LogP contribution in [0.2, 0.25) is 0 Å². The number of rotatable bonds is 6. The molecule has 1 saturated heterocycles. The molecule has 1 atom stereocenters. The van der Waals surface area contributed by atoms with E-state index in [1.54, 1.807) is 14.2 Å². The summed E-state index contributed by atoms with van der Waals surface area (Å²) in [5.41, 5.74) is 2.41. The lowest BCUT2D eigenvalue weighted by molar-refractivity contribution is -0.132. The van der Waals surface area contributed by atoms with E-state index in [1.807, 2.05) is 71.6 Å². The molecule has 1 aliphatic rings. The Morgan fingerprint density at radius 3 is 2.06 bits per heavy atom. The summed E-state index contributed by atoms with van der Waals surface area (Å²) < 4.78 is 11.0. The van der Waals surface area contributed by atoms with Crippen LogP contribution in [0, 0.1) is 0 Å². The van der Waals surface area contributed by atoms with Gasteiger partial charge in [-0.2, -0.15) is 0 Å². The molecule has 5 heteroatoms. The van der Waals surface area contributed by atoms with Crippen LogP contribution in [0.3, 0.4) is 0 Å². The molecule has 5 nitrogen and oxygen atoms in total. The van der Waals surface area contributed by atoms with Crippen LogP contribution in [0.15, 0.2) is 78.9 Å². The summed E-state index contributed by atoms with van der Waals surface area (Å²) in [5.74, 6) is 1.37. The summed E-state index contributed by atoms with van der Waals surface area (Å²) in [6.07, 6.45) is 0. The van der Waals surface area contributed by atoms with Gasteiger partial charge in [-0.05, 0) is 37.1 Å². The van der Waals surface area contributed by atoms with Crippen LogP contribution in [-0.2, 0) is 11.3 Å². The highest BCUT2D eigenvalue weighted by atomic mass is 16.5. The van der Waals surface area contributed by atoms with Gasteiger partial charge in [0.2, 0.25) is 0 Å². The molecule has 0 aromatic heterocycles. The maximum atomic E-state index is 13.8. The first kappa shape index (κ1) is 20.8. The fraction of sp³-hybridized carbons (Fsp3) is 0.269. The fourth-order valence-electron chi connectivity index (χ4n) is 4.38. The third-order valence-electron chi connectivity index (χ3n) is 5.95. The van der Waals surface area contributed by atoms with E-state index in [1.165, 1.54) is 0 Å². The van der Waals surface area contributed by atoms with Crippen molar-refractivity contribution in [2.45, 2.75) is 32.1 Å². The number of amides is 1. The molecule has 4 rings (SSSR count). The Labute approximate surface area is 183 Å². The molecule has 31 heavy (non-hydrogen) atoms. The van der Waals surface area contributed by atoms with Gasteiger partial charge in [0.1, 0.15) is 11.7 Å². The zero-order valence-corrected chi connectivity index (χ0v) is 18.4. The minimum absolute atomic E-state index is 0.0786. The zero-order valence-electron chi connectivity index (χ0n) is 18.4. The lowest BCUT2D eigenvalue weighted by Gasteiger charge is -2.40. The van der Waals surface area contributed by atoms with Gasteiger partial charge in [0.25, 0.3) is 5.91 Å². The Hall–Kier alpha value is -3.47. The topological polar surface area (TPSA) is 42.0 Å². The number of ether oxygens (including phenoxy) is 2. The molecule has 3 aromatic rings. The van der Waals surface area contributed by atoms with E-state index >= 15 is 0 Å². The SMILES string of the molecule is COc1ccc(N2C(c3ccccc3)C(=O)N(Cc3ccccc3)C2(C)C)cc1OC. The maximum Gasteiger partial charge on any atom is 0.252 e. The summed E-state index contributed by atoms with van der Waals surface area (Å²) in [5, 5.41) is 0. The third-order valence-corrected chi connectivity index (χ3v) is 5.95. The van der Waals surface area contributed by atoms with E-state index < -0.39 is 11.7 Å². The van der Waals surface area contributed by atoms with E-state index in [-0.39, 0.29) is 5.91 Å². The summed E-state index contributed by atoms with van der Waals surface area (Å²) >= 11 is 0. The molecule has 0 radical (unpaired) electrons. The number of hydrogen-bond acceptors (Lipinski definition) is 4. The van der Waals surface area contributed by atoms with Gasteiger partial charge in [-0.3, -0.25) is 4.79 Å². The van der Waals surface area contributed by atoms with Crippen molar-refractivity contribution in [1.82, 2.24) is 4.90 Å². The van der Waals surface area contributed by atoms with Crippen LogP contribution >= 0.6 is 0 Å². The van der Waals surface area contributed by atoms with Crippen molar-refractivity contribution in [3.63, 3.8) is 0 Å². The van der Waals surface area contributed by atoms with Crippen LogP contribution in [0.4, 0.5) is 5.69 Å². The maximum absolute atomic E-state index is 13.8. The highest BCUT2D eigenvalue weighted by molar-refractivity contribution is 5.92. The van der Waals surface area contributed by atoms with Crippen molar-refractivity contribution in [1.29, 1.82) is 0 Å². The van der Waals surface area contributed by atoms with Gasteiger partial charge in [-0.25, -0.2) is 0 Å². The number of anilines is 1. The number of carbonyl (C=O) groups excluding carboxylic acids is 1. The average molecular weight is 417 g/mol. The largest absolute Gasteiger partial charge is 0.493 e. The number of benzene rings is 3. The first-order chi connectivity index (χ1) is 15.0. The van der Waals surface area contributed by atoms with Gasteiger partial charge in [-0.15, -0.1) is 0 Å². The van der Waals surface area contributed by atoms with Crippen molar-refractivity contribution in [2.24, 2.45) is 0 Å². The van der Waals surface area contributed by atoms with E-state index in [0.717, 1.165) is 16.8 Å². The molecule has 1 unspecified atom stereocenters. The first-order valence-electron chi connectivity index (χ1n) is 10.4. The molecule has 1 amide bonds. The predicted molar refractivity (Wildman–Crippen MR) is 122 cm³/mol. The molecule has 0 saturated carbocycles. The third kappa shape index (κ3) is 3.72. The minimum Gasteiger partial charge on any atom is -0.493 e. The first-order valence-corrected chi connectivity index (χ1v) is 10.4. The Morgan fingerprint density at radius 2 is 1.45 bits per heavy atom. The lowest BCUT2D eigenvalue weighted by Crippen LogP contribution is -2.49. The quantitative estimate of drug-likeness (QED) is 0.565. The second-order valence-corrected chi connectivity index (χ2v) is 8.13. The van der Waals surface area contributed by atoms with E-state index in [4.69, 9.17) is 9.47 Å². The molecule has 0 N–H and O–H groups in total. The van der Waals surface area contributed by atoms with Gasteiger partial charge in [-0.1, -0.05) is 60.7 Å². The molecular formula is C26H28N2O3. The van der Waals surface area contributed by atoms with Crippen molar-refractivity contribution in [2.75, 3.05) is 19.1 Å². The molecule has 1 heterocycles. The summed E-state index contributed by atoms with van der Waals surface area (Å²) in [4.78, 5) is 17.9. The number of nitrogens with zero attached hydrogens (tertiary/aromatic N) is 2. The molecule has 1 aliphatic heterocycles. The number of methoxy groups -OCH3 is 2. The van der Waals surface area contributed by atoms with Gasteiger partial charge < -0.3 is 19.3 Å². The summed E-state index contributed by atoms with van der Waals surface area (Å²) in [7, 11) is 3.24. The number of hydrogen-bond donors (Lipinski definition) is 0. The molecular weight excluding hydrogens is 388 g/mol. The molecule has 1 fully saturated rings. The summed E-state index contributed by atoms with van der Waals surface area (Å²) in [6, 6.07) is 25.4. The molecule has 160 valence electrons. The Balaban J connectivity index is 1.82. The van der Waals surface area contributed by atoms with Crippen LogP contribution in [0.5, 0.6) is 11.5 Å². The predicted octanol–water partition coefficient (Wildman–Crippen LogP) is 5.03. The highest BCUT2D eigenvalue weighted by Crippen LogP contribution is 2.46. The Kier molecular flexibility index (Phi) is 5.59. The van der Waals surface area contributed by atoms with E-state index in [9.17, 15) is 4.79 Å². The van der Waals surface area contributed by atoms with Gasteiger partial charge in [0.15, 0.2) is 11.5 Å². The normalized spacial score (nSPS) is 17.7. The van der Waals surface area contributed by atoms with Crippen molar-refractivity contribution in [3.8, 4) is 11.5 Å². The number of carbonyl (C=O) groups is 1. The molecule has 0 aliphatic carbocycles. The van der Waals surface area contributed by atoms with Gasteiger partial charge in [0.05, 0.1) is 14.2 Å². The standard InChI is InChI=1S/C26H28N2O3/c1-26(2)27(18-19-11-7-5-8-12-19)25(29)24(20-13-9-6-10-14-20)28(26)21-15-16-22(30-3)23(17-21)31-4/h5-17,24H,18H2,1-4H3. The highest BCUT2D eigenvalue weighted by Gasteiger charge is 2.52. The zero-order chi connectivity index (χ0) is 22.0. The molecule has 0 bridgehead atoms. The van der Waals surface area contributed by atoms with Crippen LogP contribution < -0.4 is 14.4 Å². The van der Waals surface area contributed by atoms with Crippen LogP contribution in [0.25, 0.3) is 0 Å². The molecule has 0 spiro atoms. The average Bonchev–Trinajstić information content (AvgIpc) is 3.00. The smallest absolute Gasteiger partial charge is 0.252 e. The summed E-state index contributed by atoms with van der Waals surface area (Å²) in [6.45, 7) is 4.72. The Bertz CT molecular complexity index is 1050. The van der Waals surface area contributed by atoms with Crippen molar-refractivity contribution < 1.29 is 14.3 Å². The minimum atomic E-state index is -0.562. The van der Waals surface area contributed by atoms with Gasteiger partial charge >= 0.3 is 0 Å². The fourth-order valence-corrected chi connectivity index (χ4v) is 4.38. The van der Waals surface area contributed by atoms with E-state index in [0.29, 0.717) is 18.0 Å². The van der Waals surface area contributed by atoms with Crippen LogP contribution in [-0.4, -0.2) is 30.7 Å². The van der Waals surface area contributed by atoms with Crippen molar-refractivity contribution >= 4 is 11.6 Å². The van der Waals surface area contributed by atoms with Crippen molar-refractivity contribution in [3.05, 3.63) is 90.0 Å². The molecule has 3 aromatic carbocycles. The second kappa shape index (κ2) is 8.34. The lowest BCUT2D eigenvalue weighted by atomic mass is 10.0. The Morgan fingerprint density at radius 1 is 0.839 bits per heavy atom. The van der Waals surface area contributed by atoms with Crippen LogP contribution in [0.1, 0.15) is 31.0 Å². The monoisotopic (exact) mass is 416 g/mol. The van der Waals surface area contributed by atoms with E-state index in [2.05, 4.69) is 30.9 Å².